The maximum Gasteiger partial charge on any atom is 0.201 e. The van der Waals surface area contributed by atoms with Crippen LogP contribution in [0.2, 0.25) is 0 Å². The smallest absolute Gasteiger partial charge is 0.201 e. The van der Waals surface area contributed by atoms with Gasteiger partial charge in [0, 0.05) is 41.8 Å². The molecule has 1 aliphatic rings. The average Bonchev–Trinajstić information content (AvgIpc) is 2.94. The first-order chi connectivity index (χ1) is 19.5. The fraction of sp³-hybridized carbons (Fsp3) is 0.100. The first-order valence-corrected chi connectivity index (χ1v) is 12.2. The number of hydrogen-bond acceptors (Lipinski definition) is 11. The predicted molar refractivity (Wildman–Crippen MR) is 146 cm³/mol. The summed E-state index contributed by atoms with van der Waals surface area (Å²) in [5, 5.41) is 76.8. The molecule has 0 aliphatic carbocycles. The van der Waals surface area contributed by atoms with Gasteiger partial charge in [-0.3, -0.25) is 4.79 Å². The van der Waals surface area contributed by atoms with Crippen LogP contribution in [0.3, 0.4) is 0 Å². The number of aliphatic hydroxyl groups excluding tert-OH is 1. The number of rotatable bonds is 2. The summed E-state index contributed by atoms with van der Waals surface area (Å²) in [6.07, 6.45) is -1.56. The van der Waals surface area contributed by atoms with Gasteiger partial charge in [-0.05, 0) is 17.7 Å². The summed E-state index contributed by atoms with van der Waals surface area (Å²) in [5.41, 5.74) is 1.09. The lowest BCUT2D eigenvalue weighted by Crippen LogP contribution is -2.30. The Morgan fingerprint density at radius 3 is 2.15 bits per heavy atom. The lowest BCUT2D eigenvalue weighted by atomic mass is 9.94. The van der Waals surface area contributed by atoms with Crippen molar-refractivity contribution in [2.45, 2.75) is 18.6 Å². The molecule has 5 aromatic rings. The molecule has 11 heteroatoms. The first kappa shape index (κ1) is 27.0. The van der Waals surface area contributed by atoms with Crippen LogP contribution in [0.25, 0.3) is 22.3 Å². The van der Waals surface area contributed by atoms with Gasteiger partial charge in [0.1, 0.15) is 40.1 Å². The van der Waals surface area contributed by atoms with E-state index in [1.165, 1.54) is 36.4 Å². The van der Waals surface area contributed by atoms with E-state index in [1.54, 1.807) is 24.3 Å². The monoisotopic (exact) mass is 560 g/mol. The molecule has 4 aromatic carbocycles. The van der Waals surface area contributed by atoms with Crippen molar-refractivity contribution < 1.29 is 50.0 Å². The van der Waals surface area contributed by atoms with Gasteiger partial charge in [0.25, 0.3) is 0 Å². The Hall–Kier alpha value is -5.55. The third-order valence-corrected chi connectivity index (χ3v) is 6.52. The maximum absolute atomic E-state index is 12.0. The van der Waals surface area contributed by atoms with Gasteiger partial charge in [-0.15, -0.1) is 0 Å². The lowest BCUT2D eigenvalue weighted by molar-refractivity contribution is 0.0197. The van der Waals surface area contributed by atoms with E-state index >= 15 is 0 Å². The van der Waals surface area contributed by atoms with E-state index in [0.29, 0.717) is 22.5 Å². The van der Waals surface area contributed by atoms with Crippen molar-refractivity contribution in [1.29, 1.82) is 0 Å². The Labute approximate surface area is 231 Å². The van der Waals surface area contributed by atoms with E-state index in [1.807, 2.05) is 6.07 Å². The number of ether oxygens (including phenoxy) is 1. The molecule has 0 saturated heterocycles. The summed E-state index contributed by atoms with van der Waals surface area (Å²) in [5.74, 6) is -2.25. The Morgan fingerprint density at radius 2 is 1.44 bits per heavy atom. The van der Waals surface area contributed by atoms with Crippen LogP contribution in [0.1, 0.15) is 17.2 Å². The summed E-state index contributed by atoms with van der Waals surface area (Å²) in [6, 6.07) is 18.0. The van der Waals surface area contributed by atoms with Crippen LogP contribution >= 0.6 is 0 Å². The third-order valence-electron chi connectivity index (χ3n) is 6.52. The zero-order valence-corrected chi connectivity index (χ0v) is 21.1. The molecule has 1 aromatic heterocycles. The fourth-order valence-corrected chi connectivity index (χ4v) is 4.49. The van der Waals surface area contributed by atoms with Crippen LogP contribution in [0.15, 0.2) is 82.0 Å². The average molecular weight is 561 g/mol. The molecule has 8 N–H and O–H groups in total. The van der Waals surface area contributed by atoms with E-state index in [4.69, 9.17) is 9.15 Å². The fourth-order valence-electron chi connectivity index (χ4n) is 4.49. The van der Waals surface area contributed by atoms with Gasteiger partial charge in [0.05, 0.1) is 6.10 Å². The van der Waals surface area contributed by atoms with Crippen molar-refractivity contribution in [1.82, 2.24) is 0 Å². The van der Waals surface area contributed by atoms with Crippen LogP contribution in [0.4, 0.5) is 0 Å². The van der Waals surface area contributed by atoms with Crippen molar-refractivity contribution in [3.63, 3.8) is 0 Å². The van der Waals surface area contributed by atoms with Gasteiger partial charge in [0.2, 0.25) is 5.75 Å². The zero-order valence-electron chi connectivity index (χ0n) is 21.1. The maximum atomic E-state index is 12.0. The van der Waals surface area contributed by atoms with Crippen molar-refractivity contribution in [2.24, 2.45) is 0 Å². The van der Waals surface area contributed by atoms with Crippen molar-refractivity contribution in [3.05, 3.63) is 94.1 Å². The molecule has 0 fully saturated rings. The van der Waals surface area contributed by atoms with Crippen LogP contribution in [-0.4, -0.2) is 47.0 Å². The van der Waals surface area contributed by atoms with Gasteiger partial charge in [-0.1, -0.05) is 36.4 Å². The summed E-state index contributed by atoms with van der Waals surface area (Å²) in [4.78, 5) is 12.0. The summed E-state index contributed by atoms with van der Waals surface area (Å²) in [7, 11) is 0. The molecule has 0 unspecified atom stereocenters. The minimum atomic E-state index is -0.933. The Balaban J connectivity index is 0.000000165. The van der Waals surface area contributed by atoms with E-state index in [0.717, 1.165) is 6.07 Å². The Bertz CT molecular complexity index is 1810. The molecule has 1 aliphatic heterocycles. The highest BCUT2D eigenvalue weighted by Gasteiger charge is 2.32. The van der Waals surface area contributed by atoms with Gasteiger partial charge in [-0.2, -0.15) is 0 Å². The van der Waals surface area contributed by atoms with Crippen LogP contribution < -0.4 is 10.2 Å². The molecule has 0 amide bonds. The van der Waals surface area contributed by atoms with Gasteiger partial charge in [0.15, 0.2) is 28.4 Å². The molecule has 0 saturated carbocycles. The highest BCUT2D eigenvalue weighted by molar-refractivity contribution is 5.89. The van der Waals surface area contributed by atoms with Crippen molar-refractivity contribution in [2.75, 3.05) is 0 Å². The molecule has 2 atom stereocenters. The van der Waals surface area contributed by atoms with Crippen LogP contribution in [0.5, 0.6) is 46.0 Å². The van der Waals surface area contributed by atoms with E-state index in [2.05, 4.69) is 0 Å². The van der Waals surface area contributed by atoms with Crippen molar-refractivity contribution >= 4 is 11.0 Å². The number of fused-ring (bicyclic) bond motifs is 2. The van der Waals surface area contributed by atoms with E-state index < -0.39 is 34.9 Å². The number of phenolic OH excluding ortho intramolecular Hbond substituents is 7. The predicted octanol–water partition coefficient (Wildman–Crippen LogP) is 4.12. The zero-order chi connectivity index (χ0) is 29.4. The molecule has 11 nitrogen and oxygen atoms in total. The number of benzene rings is 4. The minimum Gasteiger partial charge on any atom is -0.508 e. The largest absolute Gasteiger partial charge is 0.508 e. The van der Waals surface area contributed by atoms with E-state index in [-0.39, 0.29) is 46.1 Å². The first-order valence-electron chi connectivity index (χ1n) is 12.2. The molecular formula is C30H24O11. The highest BCUT2D eigenvalue weighted by atomic mass is 16.5. The molecule has 210 valence electrons. The second-order valence-corrected chi connectivity index (χ2v) is 9.31. The van der Waals surface area contributed by atoms with Crippen LogP contribution in [0, 0.1) is 0 Å². The molecule has 2 heterocycles. The molecule has 0 radical (unpaired) electrons. The van der Waals surface area contributed by atoms with Gasteiger partial charge < -0.3 is 50.0 Å². The lowest BCUT2D eigenvalue weighted by Gasteiger charge is -2.31. The highest BCUT2D eigenvalue weighted by Crippen LogP contribution is 2.43. The quantitative estimate of drug-likeness (QED) is 0.144. The topological polar surface area (TPSA) is 201 Å². The van der Waals surface area contributed by atoms with Crippen LogP contribution in [-0.2, 0) is 6.42 Å². The number of phenols is 7. The number of aliphatic hydroxyl groups is 1. The molecular weight excluding hydrogens is 536 g/mol. The van der Waals surface area contributed by atoms with Gasteiger partial charge >= 0.3 is 0 Å². The summed E-state index contributed by atoms with van der Waals surface area (Å²) < 4.78 is 11.1. The molecule has 6 rings (SSSR count). The molecule has 0 spiro atoms. The second-order valence-electron chi connectivity index (χ2n) is 9.31. The minimum absolute atomic E-state index is 0.00385. The standard InChI is InChI=1S/C15H14O6.C15H10O5/c16-8-4-11(18)9-6-13(20)15(21-14(9)5-8)7-1-2-10(17)12(19)3-7;16-9-6-11(8-4-2-1-3-5-8)20-12-7-10(17)14(18)15(19)13(9)12/h1-5,13,15-20H,6H2;1-7,17-19H/t13-,15+;/m0./s1. The van der Waals surface area contributed by atoms with Gasteiger partial charge in [-0.25, -0.2) is 0 Å². The third kappa shape index (κ3) is 5.21. The SMILES string of the molecule is O=c1cc(-c2ccccc2)oc2cc(O)c(O)c(O)c12.Oc1cc(O)c2c(c1)O[C@H](c1ccc(O)c(O)c1)[C@@H](O)C2. The summed E-state index contributed by atoms with van der Waals surface area (Å²) >= 11 is 0. The Morgan fingerprint density at radius 1 is 0.707 bits per heavy atom. The summed E-state index contributed by atoms with van der Waals surface area (Å²) in [6.45, 7) is 0. The normalized spacial score (nSPS) is 15.8. The molecule has 41 heavy (non-hydrogen) atoms. The number of hydrogen-bond donors (Lipinski definition) is 8. The van der Waals surface area contributed by atoms with Crippen molar-refractivity contribution in [3.8, 4) is 57.3 Å². The molecule has 0 bridgehead atoms. The van der Waals surface area contributed by atoms with E-state index in [9.17, 15) is 45.6 Å². The number of aromatic hydroxyl groups is 7. The Kier molecular flexibility index (Phi) is 6.96. The second kappa shape index (κ2) is 10.5.